The van der Waals surface area contributed by atoms with E-state index in [9.17, 15) is 0 Å². The Morgan fingerprint density at radius 2 is 2.00 bits per heavy atom. The third kappa shape index (κ3) is 3.02. The predicted molar refractivity (Wildman–Crippen MR) is 70.0 cm³/mol. The first kappa shape index (κ1) is 11.6. The molecule has 1 nitrogen and oxygen atoms in total. The van der Waals surface area contributed by atoms with Gasteiger partial charge in [-0.05, 0) is 40.4 Å². The molecule has 15 heavy (non-hydrogen) atoms. The molecule has 0 atom stereocenters. The van der Waals surface area contributed by atoms with E-state index in [0.717, 1.165) is 22.6 Å². The highest BCUT2D eigenvalue weighted by Crippen LogP contribution is 2.36. The zero-order chi connectivity index (χ0) is 10.8. The normalized spacial score (nSPS) is 15.4. The van der Waals surface area contributed by atoms with E-state index >= 15 is 0 Å². The van der Waals surface area contributed by atoms with Crippen LogP contribution in [0.4, 0.5) is 5.69 Å². The Bertz CT molecular complexity index is 364. The maximum Gasteiger partial charge on any atom is 0.0835 e. The second-order valence-electron chi connectivity index (χ2n) is 3.88. The molecule has 0 radical (unpaired) electrons. The number of halogens is 3. The lowest BCUT2D eigenvalue weighted by Crippen LogP contribution is -2.02. The topological polar surface area (TPSA) is 12.0 Å². The molecule has 0 aromatic heterocycles. The van der Waals surface area contributed by atoms with Gasteiger partial charge in [0.15, 0.2) is 0 Å². The van der Waals surface area contributed by atoms with Crippen LogP contribution in [0.5, 0.6) is 0 Å². The molecule has 4 heteroatoms. The zero-order valence-corrected chi connectivity index (χ0v) is 11.3. The van der Waals surface area contributed by atoms with Crippen LogP contribution in [0.2, 0.25) is 10.0 Å². The lowest BCUT2D eigenvalue weighted by molar-refractivity contribution is 0.760. The molecule has 0 bridgehead atoms. The maximum absolute atomic E-state index is 6.10. The van der Waals surface area contributed by atoms with Crippen molar-refractivity contribution < 1.29 is 0 Å². The highest BCUT2D eigenvalue weighted by Gasteiger charge is 2.20. The van der Waals surface area contributed by atoms with Gasteiger partial charge in [-0.15, -0.1) is 0 Å². The quantitative estimate of drug-likeness (QED) is 0.775. The maximum atomic E-state index is 6.10. The standard InChI is InChI=1S/C11H12BrCl2N/c12-8-3-4-9(11(14)10(8)13)15-6-5-7-1-2-7/h3-4,7,15H,1-2,5-6H2. The Hall–Kier alpha value is 0.0800. The fourth-order valence-electron chi connectivity index (χ4n) is 1.48. The summed E-state index contributed by atoms with van der Waals surface area (Å²) >= 11 is 15.5. The van der Waals surface area contributed by atoms with Crippen molar-refractivity contribution in [1.29, 1.82) is 0 Å². The Kier molecular flexibility index (Phi) is 3.81. The smallest absolute Gasteiger partial charge is 0.0835 e. The Labute approximate surface area is 108 Å². The summed E-state index contributed by atoms with van der Waals surface area (Å²) in [6.45, 7) is 0.975. The van der Waals surface area contributed by atoms with E-state index < -0.39 is 0 Å². The van der Waals surface area contributed by atoms with Gasteiger partial charge in [-0.2, -0.15) is 0 Å². The van der Waals surface area contributed by atoms with Crippen LogP contribution in [0.3, 0.4) is 0 Å². The minimum absolute atomic E-state index is 0.577. The molecular formula is C11H12BrCl2N. The second-order valence-corrected chi connectivity index (χ2v) is 5.49. The molecule has 1 N–H and O–H groups in total. The summed E-state index contributed by atoms with van der Waals surface area (Å²) in [5, 5.41) is 4.49. The van der Waals surface area contributed by atoms with Gasteiger partial charge in [0.25, 0.3) is 0 Å². The number of hydrogen-bond donors (Lipinski definition) is 1. The molecular weight excluding hydrogens is 297 g/mol. The molecule has 1 aromatic carbocycles. The lowest BCUT2D eigenvalue weighted by atomic mass is 10.2. The fraction of sp³-hybridized carbons (Fsp3) is 0.455. The first-order valence-corrected chi connectivity index (χ1v) is 6.60. The highest BCUT2D eigenvalue weighted by atomic mass is 79.9. The van der Waals surface area contributed by atoms with Gasteiger partial charge < -0.3 is 5.32 Å². The van der Waals surface area contributed by atoms with Crippen molar-refractivity contribution in [2.75, 3.05) is 11.9 Å². The van der Waals surface area contributed by atoms with Crippen LogP contribution in [0.1, 0.15) is 19.3 Å². The van der Waals surface area contributed by atoms with Crippen molar-refractivity contribution in [1.82, 2.24) is 0 Å². The molecule has 0 amide bonds. The number of rotatable bonds is 4. The minimum atomic E-state index is 0.577. The van der Waals surface area contributed by atoms with Crippen molar-refractivity contribution in [2.24, 2.45) is 5.92 Å². The van der Waals surface area contributed by atoms with Gasteiger partial charge in [0.1, 0.15) is 0 Å². The van der Waals surface area contributed by atoms with Gasteiger partial charge in [-0.25, -0.2) is 0 Å². The van der Waals surface area contributed by atoms with Gasteiger partial charge >= 0.3 is 0 Å². The van der Waals surface area contributed by atoms with E-state index in [4.69, 9.17) is 23.2 Å². The summed E-state index contributed by atoms with van der Waals surface area (Å²) in [6, 6.07) is 3.86. The summed E-state index contributed by atoms with van der Waals surface area (Å²) < 4.78 is 0.835. The van der Waals surface area contributed by atoms with Crippen molar-refractivity contribution in [3.63, 3.8) is 0 Å². The molecule has 1 saturated carbocycles. The SMILES string of the molecule is Clc1c(Br)ccc(NCCC2CC2)c1Cl. The van der Waals surface area contributed by atoms with Crippen LogP contribution in [0, 0.1) is 5.92 Å². The van der Waals surface area contributed by atoms with Crippen molar-refractivity contribution in [3.8, 4) is 0 Å². The summed E-state index contributed by atoms with van der Waals surface area (Å²) in [7, 11) is 0. The molecule has 0 saturated heterocycles. The summed E-state index contributed by atoms with van der Waals surface area (Å²) in [5.41, 5.74) is 0.922. The van der Waals surface area contributed by atoms with Crippen LogP contribution in [0.25, 0.3) is 0 Å². The Morgan fingerprint density at radius 1 is 1.27 bits per heavy atom. The Morgan fingerprint density at radius 3 is 2.67 bits per heavy atom. The number of anilines is 1. The van der Waals surface area contributed by atoms with E-state index in [0.29, 0.717) is 10.0 Å². The van der Waals surface area contributed by atoms with E-state index in [2.05, 4.69) is 21.2 Å². The van der Waals surface area contributed by atoms with Gasteiger partial charge in [0.2, 0.25) is 0 Å². The van der Waals surface area contributed by atoms with Gasteiger partial charge in [0, 0.05) is 11.0 Å². The summed E-state index contributed by atoms with van der Waals surface area (Å²) in [6.07, 6.45) is 4.00. The highest BCUT2D eigenvalue weighted by molar-refractivity contribution is 9.10. The van der Waals surface area contributed by atoms with E-state index in [1.165, 1.54) is 19.3 Å². The van der Waals surface area contributed by atoms with Crippen molar-refractivity contribution >= 4 is 44.8 Å². The van der Waals surface area contributed by atoms with Crippen molar-refractivity contribution in [2.45, 2.75) is 19.3 Å². The molecule has 82 valence electrons. The molecule has 2 rings (SSSR count). The van der Waals surface area contributed by atoms with Gasteiger partial charge in [-0.1, -0.05) is 36.0 Å². The first-order valence-electron chi connectivity index (χ1n) is 5.06. The monoisotopic (exact) mass is 307 g/mol. The Balaban J connectivity index is 1.97. The van der Waals surface area contributed by atoms with Crippen molar-refractivity contribution in [3.05, 3.63) is 26.7 Å². The van der Waals surface area contributed by atoms with Crippen LogP contribution < -0.4 is 5.32 Å². The molecule has 1 aliphatic carbocycles. The number of hydrogen-bond acceptors (Lipinski definition) is 1. The third-order valence-corrected chi connectivity index (χ3v) is 4.37. The molecule has 1 fully saturated rings. The summed E-state index contributed by atoms with van der Waals surface area (Å²) in [5.74, 6) is 0.933. The zero-order valence-electron chi connectivity index (χ0n) is 8.19. The fourth-order valence-corrected chi connectivity index (χ4v) is 2.32. The van der Waals surface area contributed by atoms with E-state index in [1.54, 1.807) is 0 Å². The molecule has 1 aromatic rings. The second kappa shape index (κ2) is 4.94. The average molecular weight is 309 g/mol. The summed E-state index contributed by atoms with van der Waals surface area (Å²) in [4.78, 5) is 0. The minimum Gasteiger partial charge on any atom is -0.384 e. The predicted octanol–water partition coefficient (Wildman–Crippen LogP) is 4.97. The molecule has 0 heterocycles. The third-order valence-electron chi connectivity index (χ3n) is 2.60. The first-order chi connectivity index (χ1) is 7.18. The average Bonchev–Trinajstić information content (AvgIpc) is 3.02. The number of nitrogens with one attached hydrogen (secondary N) is 1. The number of benzene rings is 1. The molecule has 0 unspecified atom stereocenters. The van der Waals surface area contributed by atoms with Crippen LogP contribution >= 0.6 is 39.1 Å². The van der Waals surface area contributed by atoms with Crippen LogP contribution in [-0.2, 0) is 0 Å². The van der Waals surface area contributed by atoms with E-state index in [1.807, 2.05) is 12.1 Å². The lowest BCUT2D eigenvalue weighted by Gasteiger charge is -2.09. The molecule has 1 aliphatic rings. The van der Waals surface area contributed by atoms with Gasteiger partial charge in [-0.3, -0.25) is 0 Å². The largest absolute Gasteiger partial charge is 0.384 e. The molecule has 0 spiro atoms. The van der Waals surface area contributed by atoms with Crippen LogP contribution in [-0.4, -0.2) is 6.54 Å². The van der Waals surface area contributed by atoms with Gasteiger partial charge in [0.05, 0.1) is 15.7 Å². The van der Waals surface area contributed by atoms with Crippen LogP contribution in [0.15, 0.2) is 16.6 Å². The molecule has 0 aliphatic heterocycles. The van der Waals surface area contributed by atoms with E-state index in [-0.39, 0.29) is 0 Å².